The molecule has 3 aromatic rings. The van der Waals surface area contributed by atoms with Crippen LogP contribution in [-0.2, 0) is 9.53 Å². The van der Waals surface area contributed by atoms with Crippen molar-refractivity contribution in [3.8, 4) is 5.69 Å². The highest BCUT2D eigenvalue weighted by atomic mass is 19.1. The van der Waals surface area contributed by atoms with E-state index in [0.29, 0.717) is 19.0 Å². The lowest BCUT2D eigenvalue weighted by Crippen LogP contribution is -2.36. The van der Waals surface area contributed by atoms with Crippen LogP contribution in [0.5, 0.6) is 0 Å². The fourth-order valence-corrected chi connectivity index (χ4v) is 4.39. The molecule has 4 rings (SSSR count). The van der Waals surface area contributed by atoms with E-state index in [9.17, 15) is 23.2 Å². The minimum absolute atomic E-state index is 0.0232. The van der Waals surface area contributed by atoms with Gasteiger partial charge in [-0.1, -0.05) is 0 Å². The van der Waals surface area contributed by atoms with E-state index in [4.69, 9.17) is 10.5 Å². The summed E-state index contributed by atoms with van der Waals surface area (Å²) in [6.45, 7) is 3.53. The number of carbonyl (C=O) groups excluding carboxylic acids is 2. The smallest absolute Gasteiger partial charge is 0.343 e. The number of hydrogen-bond acceptors (Lipinski definition) is 6. The van der Waals surface area contributed by atoms with Gasteiger partial charge >= 0.3 is 5.97 Å². The van der Waals surface area contributed by atoms with Gasteiger partial charge in [0, 0.05) is 38.3 Å². The molecule has 0 bridgehead atoms. The van der Waals surface area contributed by atoms with Gasteiger partial charge in [-0.15, -0.1) is 0 Å². The zero-order valence-electron chi connectivity index (χ0n) is 19.0. The topological polar surface area (TPSA) is 107 Å². The Morgan fingerprint density at radius 1 is 1.20 bits per heavy atom. The first kappa shape index (κ1) is 24.1. The van der Waals surface area contributed by atoms with Crippen molar-refractivity contribution >= 4 is 34.2 Å². The molecule has 35 heavy (non-hydrogen) atoms. The van der Waals surface area contributed by atoms with Gasteiger partial charge in [0.25, 0.3) is 0 Å². The lowest BCUT2D eigenvalue weighted by atomic mass is 10.1. The summed E-state index contributed by atoms with van der Waals surface area (Å²) in [6.07, 6.45) is 1.60. The summed E-state index contributed by atoms with van der Waals surface area (Å²) < 4.78 is 49.8. The maximum Gasteiger partial charge on any atom is 0.343 e. The highest BCUT2D eigenvalue weighted by molar-refractivity contribution is 6.01. The summed E-state index contributed by atoms with van der Waals surface area (Å²) in [6, 6.07) is 3.48. The van der Waals surface area contributed by atoms with Crippen LogP contribution in [0.25, 0.3) is 16.6 Å². The van der Waals surface area contributed by atoms with Crippen LogP contribution in [0.2, 0.25) is 0 Å². The minimum atomic E-state index is -0.984. The number of nitrogens with one attached hydrogen (secondary N) is 1. The lowest BCUT2D eigenvalue weighted by Gasteiger charge is -2.24. The Kier molecular flexibility index (Phi) is 6.42. The zero-order chi connectivity index (χ0) is 25.4. The third-order valence-corrected chi connectivity index (χ3v) is 5.83. The molecule has 0 radical (unpaired) electrons. The van der Waals surface area contributed by atoms with Crippen LogP contribution in [0, 0.1) is 17.5 Å². The second-order valence-corrected chi connectivity index (χ2v) is 8.21. The van der Waals surface area contributed by atoms with E-state index in [1.807, 2.05) is 0 Å². The Balaban J connectivity index is 1.99. The van der Waals surface area contributed by atoms with E-state index in [2.05, 4.69) is 5.32 Å². The summed E-state index contributed by atoms with van der Waals surface area (Å²) in [5.41, 5.74) is 4.64. The molecule has 1 aliphatic rings. The van der Waals surface area contributed by atoms with Crippen LogP contribution in [0.3, 0.4) is 0 Å². The molecule has 8 nitrogen and oxygen atoms in total. The van der Waals surface area contributed by atoms with Crippen LogP contribution in [-0.4, -0.2) is 42.2 Å². The first-order chi connectivity index (χ1) is 16.6. The molecule has 0 aliphatic carbocycles. The second kappa shape index (κ2) is 9.32. The standard InChI is InChI=1S/C24H23F3N4O4/c1-3-35-24(34)16-11-31(19-5-4-13(25)8-17(19)26)21-15(23(16)33)9-18(27)22(20(21)28)30-7-6-14(10-30)29-12(2)32/h4-5,8-9,11,14H,3,6-7,10,28H2,1-2H3,(H,29,32). The predicted molar refractivity (Wildman–Crippen MR) is 124 cm³/mol. The largest absolute Gasteiger partial charge is 0.462 e. The van der Waals surface area contributed by atoms with E-state index >= 15 is 4.39 Å². The molecule has 184 valence electrons. The monoisotopic (exact) mass is 488 g/mol. The number of rotatable bonds is 5. The molecule has 2 aromatic carbocycles. The van der Waals surface area contributed by atoms with E-state index in [0.717, 1.165) is 29.0 Å². The van der Waals surface area contributed by atoms with E-state index in [-0.39, 0.29) is 53.1 Å². The molecule has 0 spiro atoms. The predicted octanol–water partition coefficient (Wildman–Crippen LogP) is 2.88. The quantitative estimate of drug-likeness (QED) is 0.423. The molecule has 1 fully saturated rings. The molecule has 1 saturated heterocycles. The lowest BCUT2D eigenvalue weighted by molar-refractivity contribution is -0.119. The molecular weight excluding hydrogens is 465 g/mol. The number of ether oxygens (including phenoxy) is 1. The van der Waals surface area contributed by atoms with Crippen LogP contribution in [0.1, 0.15) is 30.6 Å². The fraction of sp³-hybridized carbons (Fsp3) is 0.292. The van der Waals surface area contributed by atoms with Gasteiger partial charge in [0.15, 0.2) is 0 Å². The van der Waals surface area contributed by atoms with Crippen molar-refractivity contribution in [3.63, 3.8) is 0 Å². The Morgan fingerprint density at radius 2 is 1.94 bits per heavy atom. The average molecular weight is 488 g/mol. The van der Waals surface area contributed by atoms with Gasteiger partial charge in [0.05, 0.1) is 34.6 Å². The number of fused-ring (bicyclic) bond motifs is 1. The number of nitrogen functional groups attached to an aromatic ring is 1. The van der Waals surface area contributed by atoms with Crippen molar-refractivity contribution in [2.45, 2.75) is 26.3 Å². The SMILES string of the molecule is CCOC(=O)c1cn(-c2ccc(F)cc2F)c2c(N)c(N3CCC(NC(C)=O)C3)c(F)cc2c1=O. The number of halogens is 3. The van der Waals surface area contributed by atoms with Crippen molar-refractivity contribution in [1.82, 2.24) is 9.88 Å². The maximum absolute atomic E-state index is 15.4. The first-order valence-corrected chi connectivity index (χ1v) is 10.9. The van der Waals surface area contributed by atoms with Crippen LogP contribution in [0.15, 0.2) is 35.3 Å². The van der Waals surface area contributed by atoms with Crippen molar-refractivity contribution < 1.29 is 27.5 Å². The molecule has 1 atom stereocenters. The number of anilines is 2. The van der Waals surface area contributed by atoms with Gasteiger partial charge in [-0.2, -0.15) is 0 Å². The van der Waals surface area contributed by atoms with Crippen molar-refractivity contribution in [2.24, 2.45) is 0 Å². The van der Waals surface area contributed by atoms with Crippen LogP contribution < -0.4 is 21.4 Å². The second-order valence-electron chi connectivity index (χ2n) is 8.21. The van der Waals surface area contributed by atoms with Crippen molar-refractivity contribution in [3.05, 3.63) is 63.7 Å². The van der Waals surface area contributed by atoms with Gasteiger partial charge in [-0.05, 0) is 31.5 Å². The summed E-state index contributed by atoms with van der Waals surface area (Å²) in [5.74, 6) is -3.83. The Labute approximate surface area is 198 Å². The maximum atomic E-state index is 15.4. The molecule has 1 aliphatic heterocycles. The number of benzene rings is 2. The number of amides is 1. The molecule has 11 heteroatoms. The third-order valence-electron chi connectivity index (χ3n) is 5.83. The van der Waals surface area contributed by atoms with E-state index in [1.54, 1.807) is 11.8 Å². The van der Waals surface area contributed by atoms with Crippen molar-refractivity contribution in [1.29, 1.82) is 0 Å². The highest BCUT2D eigenvalue weighted by Gasteiger charge is 2.30. The van der Waals surface area contributed by atoms with Gasteiger partial charge in [-0.3, -0.25) is 9.59 Å². The number of hydrogen-bond donors (Lipinski definition) is 2. The highest BCUT2D eigenvalue weighted by Crippen LogP contribution is 2.37. The Morgan fingerprint density at radius 3 is 2.60 bits per heavy atom. The number of pyridine rings is 1. The fourth-order valence-electron chi connectivity index (χ4n) is 4.39. The molecule has 1 amide bonds. The molecule has 1 unspecified atom stereocenters. The number of esters is 1. The van der Waals surface area contributed by atoms with Gasteiger partial charge in [-0.25, -0.2) is 18.0 Å². The Hall–Kier alpha value is -4.02. The molecule has 1 aromatic heterocycles. The number of nitrogens with two attached hydrogens (primary N) is 1. The molecular formula is C24H23F3N4O4. The summed E-state index contributed by atoms with van der Waals surface area (Å²) >= 11 is 0. The summed E-state index contributed by atoms with van der Waals surface area (Å²) in [5, 5.41) is 2.51. The minimum Gasteiger partial charge on any atom is -0.462 e. The average Bonchev–Trinajstić information content (AvgIpc) is 3.22. The van der Waals surface area contributed by atoms with Crippen LogP contribution in [0.4, 0.5) is 24.5 Å². The number of nitrogens with zero attached hydrogens (tertiary/aromatic N) is 2. The van der Waals surface area contributed by atoms with E-state index < -0.39 is 34.4 Å². The van der Waals surface area contributed by atoms with Gasteiger partial charge in [0.1, 0.15) is 23.0 Å². The van der Waals surface area contributed by atoms with Gasteiger partial charge < -0.3 is 25.3 Å². The number of carbonyl (C=O) groups is 2. The zero-order valence-corrected chi connectivity index (χ0v) is 19.0. The Bertz CT molecular complexity index is 1410. The normalized spacial score (nSPS) is 15.5. The van der Waals surface area contributed by atoms with Crippen LogP contribution >= 0.6 is 0 Å². The first-order valence-electron chi connectivity index (χ1n) is 10.9. The van der Waals surface area contributed by atoms with Crippen molar-refractivity contribution in [2.75, 3.05) is 30.3 Å². The third kappa shape index (κ3) is 4.41. The summed E-state index contributed by atoms with van der Waals surface area (Å²) in [4.78, 5) is 38.6. The summed E-state index contributed by atoms with van der Waals surface area (Å²) in [7, 11) is 0. The molecule has 0 saturated carbocycles. The molecule has 3 N–H and O–H groups in total. The van der Waals surface area contributed by atoms with E-state index in [1.165, 1.54) is 6.92 Å². The molecule has 2 heterocycles. The number of aromatic nitrogens is 1. The van der Waals surface area contributed by atoms with Gasteiger partial charge in [0.2, 0.25) is 11.3 Å².